The molecule has 96 valence electrons. The van der Waals surface area contributed by atoms with Crippen LogP contribution in [0.25, 0.3) is 0 Å². The molecule has 1 fully saturated rings. The van der Waals surface area contributed by atoms with Crippen molar-refractivity contribution in [2.24, 2.45) is 5.92 Å². The number of nitrogens with one attached hydrogen (secondary N) is 1. The van der Waals surface area contributed by atoms with Crippen molar-refractivity contribution < 1.29 is 0 Å². The molecular weight excluding hydrogens is 288 g/mol. The minimum atomic E-state index is 0.174. The average Bonchev–Trinajstić information content (AvgIpc) is 2.39. The molecule has 1 aromatic carbocycles. The van der Waals surface area contributed by atoms with E-state index in [2.05, 4.69) is 52.4 Å². The van der Waals surface area contributed by atoms with Gasteiger partial charge in [-0.25, -0.2) is 0 Å². The van der Waals surface area contributed by atoms with Crippen molar-refractivity contribution >= 4 is 15.9 Å². The zero-order chi connectivity index (χ0) is 13.0. The Morgan fingerprint density at radius 3 is 2.89 bits per heavy atom. The number of hydrogen-bond acceptors (Lipinski definition) is 2. The zero-order valence-electron chi connectivity index (χ0n) is 10.7. The highest BCUT2D eigenvalue weighted by molar-refractivity contribution is 9.10. The molecule has 1 aromatic rings. The van der Waals surface area contributed by atoms with Crippen molar-refractivity contribution in [3.8, 4) is 6.07 Å². The van der Waals surface area contributed by atoms with Crippen LogP contribution in [0.5, 0.6) is 0 Å². The van der Waals surface area contributed by atoms with E-state index in [9.17, 15) is 5.26 Å². The fourth-order valence-electron chi connectivity index (χ4n) is 2.68. The number of nitriles is 1. The predicted octanol–water partition coefficient (Wildman–Crippen LogP) is 4.18. The molecule has 0 aliphatic heterocycles. The predicted molar refractivity (Wildman–Crippen MR) is 77.1 cm³/mol. The van der Waals surface area contributed by atoms with Gasteiger partial charge in [0.2, 0.25) is 0 Å². The molecule has 1 aliphatic carbocycles. The van der Waals surface area contributed by atoms with E-state index in [1.807, 2.05) is 6.07 Å². The summed E-state index contributed by atoms with van der Waals surface area (Å²) < 4.78 is 1.11. The summed E-state index contributed by atoms with van der Waals surface area (Å²) in [7, 11) is 0. The Bertz CT molecular complexity index is 438. The monoisotopic (exact) mass is 306 g/mol. The maximum atomic E-state index is 9.19. The lowest BCUT2D eigenvalue weighted by molar-refractivity contribution is 0.292. The minimum Gasteiger partial charge on any atom is -0.306 e. The number of benzene rings is 1. The standard InChI is InChI=1S/C15H19BrN2/c1-11(12-6-4-7-14(16)9-12)18-15-8-3-2-5-13(15)10-17/h4,6-7,9,11,13,15,18H,2-3,5,8H2,1H3. The van der Waals surface area contributed by atoms with Crippen LogP contribution in [0.15, 0.2) is 28.7 Å². The number of rotatable bonds is 3. The molecule has 0 radical (unpaired) electrons. The Morgan fingerprint density at radius 2 is 2.17 bits per heavy atom. The van der Waals surface area contributed by atoms with Gasteiger partial charge in [-0.2, -0.15) is 5.26 Å². The molecule has 2 rings (SSSR count). The first-order valence-electron chi connectivity index (χ1n) is 6.62. The van der Waals surface area contributed by atoms with E-state index in [1.165, 1.54) is 18.4 Å². The van der Waals surface area contributed by atoms with Crippen LogP contribution in [0.3, 0.4) is 0 Å². The van der Waals surface area contributed by atoms with Gasteiger partial charge in [0.15, 0.2) is 0 Å². The number of nitrogens with zero attached hydrogens (tertiary/aromatic N) is 1. The Kier molecular flexibility index (Phi) is 4.79. The maximum absolute atomic E-state index is 9.19. The van der Waals surface area contributed by atoms with Crippen LogP contribution in [0.1, 0.15) is 44.2 Å². The molecule has 0 amide bonds. The van der Waals surface area contributed by atoms with Gasteiger partial charge in [-0.1, -0.05) is 40.9 Å². The first kappa shape index (κ1) is 13.6. The van der Waals surface area contributed by atoms with Crippen LogP contribution < -0.4 is 5.32 Å². The molecule has 0 saturated heterocycles. The molecule has 3 heteroatoms. The first-order valence-corrected chi connectivity index (χ1v) is 7.41. The highest BCUT2D eigenvalue weighted by Crippen LogP contribution is 2.26. The molecule has 3 unspecified atom stereocenters. The number of halogens is 1. The fourth-order valence-corrected chi connectivity index (χ4v) is 3.10. The van der Waals surface area contributed by atoms with E-state index in [0.29, 0.717) is 12.1 Å². The summed E-state index contributed by atoms with van der Waals surface area (Å²) in [5, 5.41) is 12.8. The molecular formula is C15H19BrN2. The molecule has 0 heterocycles. The lowest BCUT2D eigenvalue weighted by Gasteiger charge is -2.30. The first-order chi connectivity index (χ1) is 8.70. The highest BCUT2D eigenvalue weighted by atomic mass is 79.9. The molecule has 0 spiro atoms. The summed E-state index contributed by atoms with van der Waals surface area (Å²) >= 11 is 3.50. The van der Waals surface area contributed by atoms with Crippen molar-refractivity contribution in [1.82, 2.24) is 5.32 Å². The molecule has 18 heavy (non-hydrogen) atoms. The Morgan fingerprint density at radius 1 is 1.39 bits per heavy atom. The van der Waals surface area contributed by atoms with E-state index in [0.717, 1.165) is 17.3 Å². The third kappa shape index (κ3) is 3.34. The van der Waals surface area contributed by atoms with Gasteiger partial charge in [-0.05, 0) is 37.5 Å². The summed E-state index contributed by atoms with van der Waals surface area (Å²) in [5.41, 5.74) is 1.27. The Balaban J connectivity index is 2.02. The third-order valence-electron chi connectivity index (χ3n) is 3.74. The van der Waals surface area contributed by atoms with E-state index in [-0.39, 0.29) is 5.92 Å². The van der Waals surface area contributed by atoms with Crippen LogP contribution in [-0.2, 0) is 0 Å². The van der Waals surface area contributed by atoms with E-state index in [1.54, 1.807) is 0 Å². The SMILES string of the molecule is CC(NC1CCCCC1C#N)c1cccc(Br)c1. The fraction of sp³-hybridized carbons (Fsp3) is 0.533. The minimum absolute atomic E-state index is 0.174. The smallest absolute Gasteiger partial charge is 0.0672 e. The third-order valence-corrected chi connectivity index (χ3v) is 4.24. The van der Waals surface area contributed by atoms with Crippen LogP contribution in [-0.4, -0.2) is 6.04 Å². The molecule has 0 aromatic heterocycles. The topological polar surface area (TPSA) is 35.8 Å². The van der Waals surface area contributed by atoms with E-state index < -0.39 is 0 Å². The van der Waals surface area contributed by atoms with Crippen molar-refractivity contribution in [3.05, 3.63) is 34.3 Å². The molecule has 3 atom stereocenters. The second-order valence-corrected chi connectivity index (χ2v) is 5.99. The zero-order valence-corrected chi connectivity index (χ0v) is 12.3. The molecule has 1 N–H and O–H groups in total. The van der Waals surface area contributed by atoms with Crippen molar-refractivity contribution in [2.75, 3.05) is 0 Å². The maximum Gasteiger partial charge on any atom is 0.0672 e. The van der Waals surface area contributed by atoms with Gasteiger partial charge in [-0.15, -0.1) is 0 Å². The van der Waals surface area contributed by atoms with Gasteiger partial charge >= 0.3 is 0 Å². The van der Waals surface area contributed by atoms with Crippen LogP contribution in [0.2, 0.25) is 0 Å². The van der Waals surface area contributed by atoms with Gasteiger partial charge in [-0.3, -0.25) is 0 Å². The highest BCUT2D eigenvalue weighted by Gasteiger charge is 2.26. The summed E-state index contributed by atoms with van der Waals surface area (Å²) in [6, 6.07) is 11.5. The Hall–Kier alpha value is -0.850. The molecule has 0 bridgehead atoms. The second-order valence-electron chi connectivity index (χ2n) is 5.07. The summed E-state index contributed by atoms with van der Waals surface area (Å²) in [5.74, 6) is 0.174. The van der Waals surface area contributed by atoms with Gasteiger partial charge in [0.1, 0.15) is 0 Å². The van der Waals surface area contributed by atoms with Gasteiger partial charge in [0.25, 0.3) is 0 Å². The number of hydrogen-bond donors (Lipinski definition) is 1. The summed E-state index contributed by atoms with van der Waals surface area (Å²) in [4.78, 5) is 0. The van der Waals surface area contributed by atoms with Crippen LogP contribution in [0, 0.1) is 17.2 Å². The van der Waals surface area contributed by atoms with Gasteiger partial charge in [0.05, 0.1) is 12.0 Å². The van der Waals surface area contributed by atoms with Crippen LogP contribution in [0.4, 0.5) is 0 Å². The lowest BCUT2D eigenvalue weighted by atomic mass is 9.85. The van der Waals surface area contributed by atoms with Crippen LogP contribution >= 0.6 is 15.9 Å². The van der Waals surface area contributed by atoms with Crippen molar-refractivity contribution in [2.45, 2.75) is 44.7 Å². The van der Waals surface area contributed by atoms with Crippen molar-refractivity contribution in [3.63, 3.8) is 0 Å². The van der Waals surface area contributed by atoms with Gasteiger partial charge in [0, 0.05) is 16.6 Å². The quantitative estimate of drug-likeness (QED) is 0.909. The van der Waals surface area contributed by atoms with Crippen molar-refractivity contribution in [1.29, 1.82) is 5.26 Å². The molecule has 1 saturated carbocycles. The Labute approximate surface area is 118 Å². The van der Waals surface area contributed by atoms with E-state index >= 15 is 0 Å². The molecule has 1 aliphatic rings. The normalized spacial score (nSPS) is 25.4. The molecule has 2 nitrogen and oxygen atoms in total. The second kappa shape index (κ2) is 6.36. The van der Waals surface area contributed by atoms with Gasteiger partial charge < -0.3 is 5.32 Å². The summed E-state index contributed by atoms with van der Waals surface area (Å²) in [6.07, 6.45) is 4.60. The summed E-state index contributed by atoms with van der Waals surface area (Å²) in [6.45, 7) is 2.17. The largest absolute Gasteiger partial charge is 0.306 e. The average molecular weight is 307 g/mol. The van der Waals surface area contributed by atoms with E-state index in [4.69, 9.17) is 0 Å². The lowest BCUT2D eigenvalue weighted by Crippen LogP contribution is -2.39.